The highest BCUT2D eigenvalue weighted by Gasteiger charge is 2.12. The van der Waals surface area contributed by atoms with E-state index in [0.29, 0.717) is 0 Å². The number of hydrogen-bond acceptors (Lipinski definition) is 3. The van der Waals surface area contributed by atoms with Gasteiger partial charge in [0.25, 0.3) is 0 Å². The van der Waals surface area contributed by atoms with Crippen LogP contribution < -0.4 is 0 Å². The molecule has 0 amide bonds. The number of nitrogens with zero attached hydrogens (tertiary/aromatic N) is 1. The van der Waals surface area contributed by atoms with Crippen molar-refractivity contribution in [1.29, 1.82) is 0 Å². The first kappa shape index (κ1) is 12.0. The van der Waals surface area contributed by atoms with Crippen LogP contribution in [0.1, 0.15) is 0 Å². The lowest BCUT2D eigenvalue weighted by molar-refractivity contribution is -0.134. The minimum absolute atomic E-state index is 0.459. The summed E-state index contributed by atoms with van der Waals surface area (Å²) in [6, 6.07) is 1.64. The quantitative estimate of drug-likeness (QED) is 0.337. The summed E-state index contributed by atoms with van der Waals surface area (Å²) in [6.07, 6.45) is 0.792. The SMILES string of the molecule is COC(=O)C=C=Nc1ccc(F)c(F)c1F. The van der Waals surface area contributed by atoms with E-state index < -0.39 is 29.1 Å². The Bertz CT molecular complexity index is 479. The topological polar surface area (TPSA) is 38.7 Å². The van der Waals surface area contributed by atoms with Crippen LogP contribution in [0.2, 0.25) is 0 Å². The molecule has 0 saturated carbocycles. The molecule has 1 aromatic rings. The molecule has 0 bridgehead atoms. The molecule has 1 aromatic carbocycles. The van der Waals surface area contributed by atoms with E-state index in [9.17, 15) is 18.0 Å². The third kappa shape index (κ3) is 2.71. The van der Waals surface area contributed by atoms with Crippen molar-refractivity contribution >= 4 is 17.5 Å². The standard InChI is InChI=1S/C10H6F3NO2/c1-16-8(15)4-5-14-7-3-2-6(11)9(12)10(7)13/h2-4H,1H3. The van der Waals surface area contributed by atoms with E-state index in [4.69, 9.17) is 0 Å². The molecular formula is C10H6F3NO2. The van der Waals surface area contributed by atoms with Crippen molar-refractivity contribution in [3.05, 3.63) is 35.7 Å². The Morgan fingerprint density at radius 3 is 2.69 bits per heavy atom. The van der Waals surface area contributed by atoms with Crippen molar-refractivity contribution in [2.45, 2.75) is 0 Å². The van der Waals surface area contributed by atoms with Gasteiger partial charge in [0.15, 0.2) is 17.5 Å². The summed E-state index contributed by atoms with van der Waals surface area (Å²) in [7, 11) is 1.14. The van der Waals surface area contributed by atoms with Gasteiger partial charge >= 0.3 is 5.97 Å². The maximum atomic E-state index is 13.0. The fourth-order valence-corrected chi connectivity index (χ4v) is 0.816. The van der Waals surface area contributed by atoms with Gasteiger partial charge in [0.05, 0.1) is 13.2 Å². The van der Waals surface area contributed by atoms with Crippen LogP contribution in [0.4, 0.5) is 18.9 Å². The molecule has 0 atom stereocenters. The lowest BCUT2D eigenvalue weighted by Crippen LogP contribution is -1.93. The highest BCUT2D eigenvalue weighted by atomic mass is 19.2. The largest absolute Gasteiger partial charge is 0.465 e. The summed E-state index contributed by atoms with van der Waals surface area (Å²) in [6.45, 7) is 0. The van der Waals surface area contributed by atoms with E-state index in [1.165, 1.54) is 0 Å². The fourth-order valence-electron chi connectivity index (χ4n) is 0.816. The van der Waals surface area contributed by atoms with Gasteiger partial charge in [0.1, 0.15) is 5.69 Å². The summed E-state index contributed by atoms with van der Waals surface area (Å²) in [4.78, 5) is 13.9. The van der Waals surface area contributed by atoms with Gasteiger partial charge in [0.2, 0.25) is 0 Å². The van der Waals surface area contributed by atoms with Crippen LogP contribution in [-0.2, 0) is 9.53 Å². The minimum atomic E-state index is -1.62. The first-order valence-corrected chi connectivity index (χ1v) is 4.07. The predicted octanol–water partition coefficient (Wildman–Crippen LogP) is 2.13. The second-order valence-electron chi connectivity index (χ2n) is 2.60. The molecule has 0 unspecified atom stereocenters. The van der Waals surface area contributed by atoms with Crippen molar-refractivity contribution in [1.82, 2.24) is 0 Å². The first-order chi connectivity index (χ1) is 7.56. The van der Waals surface area contributed by atoms with Crippen LogP contribution in [0.25, 0.3) is 0 Å². The number of methoxy groups -OCH3 is 1. The normalized spacial score (nSPS) is 9.25. The molecule has 0 aliphatic rings. The van der Waals surface area contributed by atoms with Crippen molar-refractivity contribution in [2.24, 2.45) is 4.99 Å². The van der Waals surface area contributed by atoms with E-state index in [2.05, 4.69) is 9.73 Å². The van der Waals surface area contributed by atoms with Gasteiger partial charge in [-0.25, -0.2) is 23.0 Å². The predicted molar refractivity (Wildman–Crippen MR) is 50.0 cm³/mol. The Hall–Kier alpha value is -2.07. The molecule has 6 heteroatoms. The van der Waals surface area contributed by atoms with Gasteiger partial charge in [-0.15, -0.1) is 0 Å². The molecule has 0 heterocycles. The average molecular weight is 229 g/mol. The monoisotopic (exact) mass is 229 g/mol. The lowest BCUT2D eigenvalue weighted by atomic mass is 10.3. The molecule has 0 spiro atoms. The van der Waals surface area contributed by atoms with Gasteiger partial charge in [-0.2, -0.15) is 0 Å². The molecular weight excluding hydrogens is 223 g/mol. The number of hydrogen-bond donors (Lipinski definition) is 0. The Morgan fingerprint density at radius 2 is 2.06 bits per heavy atom. The average Bonchev–Trinajstić information content (AvgIpc) is 2.29. The second kappa shape index (κ2) is 5.14. The Kier molecular flexibility index (Phi) is 3.85. The van der Waals surface area contributed by atoms with Crippen molar-refractivity contribution < 1.29 is 22.7 Å². The highest BCUT2D eigenvalue weighted by molar-refractivity contribution is 5.91. The molecule has 0 saturated heterocycles. The van der Waals surface area contributed by atoms with Crippen LogP contribution in [0.5, 0.6) is 0 Å². The zero-order valence-electron chi connectivity index (χ0n) is 8.13. The maximum absolute atomic E-state index is 13.0. The number of rotatable bonds is 2. The summed E-state index contributed by atoms with van der Waals surface area (Å²) in [5, 5.41) is 0. The third-order valence-corrected chi connectivity index (χ3v) is 1.58. The number of esters is 1. The summed E-state index contributed by atoms with van der Waals surface area (Å²) < 4.78 is 42.4. The van der Waals surface area contributed by atoms with Crippen molar-refractivity contribution in [3.8, 4) is 0 Å². The molecule has 0 radical (unpaired) electrons. The van der Waals surface area contributed by atoms with Gasteiger partial charge in [0, 0.05) is 0 Å². The van der Waals surface area contributed by atoms with Crippen molar-refractivity contribution in [3.63, 3.8) is 0 Å². The van der Waals surface area contributed by atoms with Crippen LogP contribution in [0, 0.1) is 17.5 Å². The van der Waals surface area contributed by atoms with E-state index in [1.54, 1.807) is 0 Å². The van der Waals surface area contributed by atoms with Crippen LogP contribution in [-0.4, -0.2) is 18.9 Å². The second-order valence-corrected chi connectivity index (χ2v) is 2.60. The number of carbonyl (C=O) groups is 1. The molecule has 0 N–H and O–H groups in total. The number of ether oxygens (including phenoxy) is 1. The van der Waals surface area contributed by atoms with Gasteiger partial charge in [-0.3, -0.25) is 0 Å². The van der Waals surface area contributed by atoms with E-state index in [0.717, 1.165) is 25.3 Å². The molecule has 0 aromatic heterocycles. The zero-order valence-corrected chi connectivity index (χ0v) is 8.13. The molecule has 3 nitrogen and oxygen atoms in total. The first-order valence-electron chi connectivity index (χ1n) is 4.07. The van der Waals surface area contributed by atoms with Gasteiger partial charge in [-0.05, 0) is 18.0 Å². The van der Waals surface area contributed by atoms with E-state index in [-0.39, 0.29) is 0 Å². The number of halogens is 3. The number of carbonyl (C=O) groups excluding carboxylic acids is 1. The maximum Gasteiger partial charge on any atom is 0.339 e. The van der Waals surface area contributed by atoms with Crippen molar-refractivity contribution in [2.75, 3.05) is 7.11 Å². The highest BCUT2D eigenvalue weighted by Crippen LogP contribution is 2.21. The van der Waals surface area contributed by atoms with Crippen LogP contribution in [0.15, 0.2) is 23.2 Å². The fraction of sp³-hybridized carbons (Fsp3) is 0.100. The smallest absolute Gasteiger partial charge is 0.339 e. The van der Waals surface area contributed by atoms with Crippen LogP contribution >= 0.6 is 0 Å². The molecule has 84 valence electrons. The molecule has 0 aliphatic carbocycles. The van der Waals surface area contributed by atoms with E-state index >= 15 is 0 Å². The minimum Gasteiger partial charge on any atom is -0.465 e. The number of benzene rings is 1. The number of aliphatic imine (C=N–C) groups is 1. The van der Waals surface area contributed by atoms with Gasteiger partial charge in [-0.1, -0.05) is 0 Å². The Morgan fingerprint density at radius 1 is 1.38 bits per heavy atom. The molecule has 16 heavy (non-hydrogen) atoms. The Labute approximate surface area is 88.9 Å². The van der Waals surface area contributed by atoms with E-state index in [1.807, 2.05) is 5.87 Å². The summed E-state index contributed by atoms with van der Waals surface area (Å²) in [5.74, 6) is -3.08. The molecule has 1 rings (SSSR count). The third-order valence-electron chi connectivity index (χ3n) is 1.58. The van der Waals surface area contributed by atoms with Crippen LogP contribution in [0.3, 0.4) is 0 Å². The summed E-state index contributed by atoms with van der Waals surface area (Å²) >= 11 is 0. The molecule has 0 aliphatic heterocycles. The summed E-state index contributed by atoms with van der Waals surface area (Å²) in [5.41, 5.74) is -0.459. The van der Waals surface area contributed by atoms with Gasteiger partial charge < -0.3 is 4.74 Å². The lowest BCUT2D eigenvalue weighted by Gasteiger charge is -1.96. The molecule has 0 fully saturated rings. The zero-order chi connectivity index (χ0) is 12.1. The Balaban J connectivity index is 3.03.